The quantitative estimate of drug-likeness (QED) is 0.765. The largest absolute Gasteiger partial charge is 0.472 e. The summed E-state index contributed by atoms with van der Waals surface area (Å²) in [5.41, 5.74) is 0.949. The third kappa shape index (κ3) is 3.91. The van der Waals surface area contributed by atoms with Crippen LogP contribution in [-0.4, -0.2) is 46.5 Å². The van der Waals surface area contributed by atoms with Crippen molar-refractivity contribution in [3.05, 3.63) is 24.2 Å². The highest BCUT2D eigenvalue weighted by Crippen LogP contribution is 2.42. The Morgan fingerprint density at radius 2 is 2.00 bits per heavy atom. The van der Waals surface area contributed by atoms with Gasteiger partial charge in [-0.3, -0.25) is 9.59 Å². The van der Waals surface area contributed by atoms with Gasteiger partial charge in [-0.1, -0.05) is 20.8 Å². The Bertz CT molecular complexity index is 512. The fourth-order valence-corrected chi connectivity index (χ4v) is 4.36. The Morgan fingerprint density at radius 1 is 1.30 bits per heavy atom. The van der Waals surface area contributed by atoms with Crippen LogP contribution in [0, 0.1) is 0 Å². The first kappa shape index (κ1) is 17.9. The zero-order valence-corrected chi connectivity index (χ0v) is 15.0. The van der Waals surface area contributed by atoms with Crippen LogP contribution in [0.3, 0.4) is 0 Å². The van der Waals surface area contributed by atoms with Crippen LogP contribution >= 0.6 is 11.8 Å². The first-order chi connectivity index (χ1) is 11.1. The summed E-state index contributed by atoms with van der Waals surface area (Å²) >= 11 is 1.64. The van der Waals surface area contributed by atoms with Gasteiger partial charge in [-0.25, -0.2) is 0 Å². The lowest BCUT2D eigenvalue weighted by Crippen LogP contribution is -2.49. The minimum atomic E-state index is -0.370. The molecule has 2 atom stereocenters. The molecule has 1 aromatic heterocycles. The predicted molar refractivity (Wildman–Crippen MR) is 92.0 cm³/mol. The maximum Gasteiger partial charge on any atom is 0.246 e. The number of nitrogens with zero attached hydrogens (tertiary/aromatic N) is 2. The molecule has 0 bridgehead atoms. The normalized spacial score (nSPS) is 20.7. The molecular formula is C17H26N2O3S. The second kappa shape index (κ2) is 8.43. The van der Waals surface area contributed by atoms with Crippen molar-refractivity contribution in [3.63, 3.8) is 0 Å². The monoisotopic (exact) mass is 338 g/mol. The number of carbonyl (C=O) groups is 2. The predicted octanol–water partition coefficient (Wildman–Crippen LogP) is 3.28. The van der Waals surface area contributed by atoms with E-state index < -0.39 is 0 Å². The smallest absolute Gasteiger partial charge is 0.246 e. The van der Waals surface area contributed by atoms with Gasteiger partial charge in [-0.05, 0) is 18.9 Å². The fraction of sp³-hybridized carbons (Fsp3) is 0.647. The lowest BCUT2D eigenvalue weighted by Gasteiger charge is -2.32. The zero-order valence-electron chi connectivity index (χ0n) is 14.2. The second-order valence-corrected chi connectivity index (χ2v) is 6.85. The third-order valence-corrected chi connectivity index (χ3v) is 5.33. The van der Waals surface area contributed by atoms with E-state index in [0.717, 1.165) is 31.5 Å². The molecule has 23 heavy (non-hydrogen) atoms. The number of rotatable bonds is 7. The maximum absolute atomic E-state index is 13.0. The van der Waals surface area contributed by atoms with Gasteiger partial charge in [0, 0.05) is 30.8 Å². The molecule has 0 spiro atoms. The van der Waals surface area contributed by atoms with Gasteiger partial charge >= 0.3 is 0 Å². The Balaban J connectivity index is 2.22. The summed E-state index contributed by atoms with van der Waals surface area (Å²) in [5, 5.41) is -0.125. The summed E-state index contributed by atoms with van der Waals surface area (Å²) < 4.78 is 5.16. The van der Waals surface area contributed by atoms with Gasteiger partial charge in [0.25, 0.3) is 0 Å². The van der Waals surface area contributed by atoms with Crippen molar-refractivity contribution in [1.82, 2.24) is 9.80 Å². The number of carbonyl (C=O) groups excluding carboxylic acids is 2. The lowest BCUT2D eigenvalue weighted by molar-refractivity contribution is -0.144. The number of thioether (sulfide) groups is 1. The molecule has 5 nitrogen and oxygen atoms in total. The molecule has 6 heteroatoms. The highest BCUT2D eigenvalue weighted by molar-refractivity contribution is 7.99. The lowest BCUT2D eigenvalue weighted by atomic mass is 10.1. The number of amides is 2. The van der Waals surface area contributed by atoms with Crippen LogP contribution in [0.15, 0.2) is 23.0 Å². The van der Waals surface area contributed by atoms with Crippen molar-refractivity contribution < 1.29 is 14.0 Å². The molecule has 1 aliphatic heterocycles. The van der Waals surface area contributed by atoms with Crippen LogP contribution in [0.1, 0.15) is 51.0 Å². The molecule has 0 radical (unpaired) electrons. The molecule has 2 unspecified atom stereocenters. The average Bonchev–Trinajstić information content (AvgIpc) is 3.21. The summed E-state index contributed by atoms with van der Waals surface area (Å²) in [7, 11) is 0. The SMILES string of the molecule is CCCN(CCC)C(=O)C1CSC(c2ccoc2)N1C(=O)CC. The first-order valence-electron chi connectivity index (χ1n) is 8.37. The summed E-state index contributed by atoms with van der Waals surface area (Å²) in [6.07, 6.45) is 5.54. The van der Waals surface area contributed by atoms with Crippen LogP contribution in [0.5, 0.6) is 0 Å². The fourth-order valence-electron chi connectivity index (χ4n) is 2.94. The molecule has 0 aliphatic carbocycles. The minimum absolute atomic E-state index is 0.0208. The van der Waals surface area contributed by atoms with Gasteiger partial charge in [-0.2, -0.15) is 0 Å². The van der Waals surface area contributed by atoms with Crippen LogP contribution in [0.4, 0.5) is 0 Å². The first-order valence-corrected chi connectivity index (χ1v) is 9.42. The topological polar surface area (TPSA) is 53.8 Å². The average molecular weight is 338 g/mol. The molecule has 1 aliphatic rings. The summed E-state index contributed by atoms with van der Waals surface area (Å²) in [6, 6.07) is 1.50. The molecule has 1 saturated heterocycles. The summed E-state index contributed by atoms with van der Waals surface area (Å²) in [5.74, 6) is 0.742. The van der Waals surface area contributed by atoms with Gasteiger partial charge in [-0.15, -0.1) is 11.8 Å². The van der Waals surface area contributed by atoms with E-state index in [4.69, 9.17) is 4.42 Å². The summed E-state index contributed by atoms with van der Waals surface area (Å²) in [6.45, 7) is 7.48. The van der Waals surface area contributed by atoms with Crippen LogP contribution < -0.4 is 0 Å². The standard InChI is InChI=1S/C17H26N2O3S/c1-4-8-18(9-5-2)16(21)14-12-23-17(13-7-10-22-11-13)19(14)15(20)6-3/h7,10-11,14,17H,4-6,8-9,12H2,1-3H3. The van der Waals surface area contributed by atoms with E-state index in [1.165, 1.54) is 0 Å². The van der Waals surface area contributed by atoms with E-state index in [0.29, 0.717) is 12.2 Å². The van der Waals surface area contributed by atoms with Crippen LogP contribution in [-0.2, 0) is 9.59 Å². The number of hydrogen-bond donors (Lipinski definition) is 0. The number of hydrogen-bond acceptors (Lipinski definition) is 4. The number of furan rings is 1. The highest BCUT2D eigenvalue weighted by Gasteiger charge is 2.43. The van der Waals surface area contributed by atoms with Crippen molar-refractivity contribution in [2.24, 2.45) is 0 Å². The van der Waals surface area contributed by atoms with Gasteiger partial charge in [0.2, 0.25) is 11.8 Å². The van der Waals surface area contributed by atoms with E-state index in [1.807, 2.05) is 17.9 Å². The zero-order chi connectivity index (χ0) is 16.8. The van der Waals surface area contributed by atoms with Gasteiger partial charge in [0.15, 0.2) is 0 Å². The molecule has 1 aromatic rings. The van der Waals surface area contributed by atoms with Crippen molar-refractivity contribution >= 4 is 23.6 Å². The van der Waals surface area contributed by atoms with Crippen molar-refractivity contribution in [1.29, 1.82) is 0 Å². The molecule has 0 aromatic carbocycles. The minimum Gasteiger partial charge on any atom is -0.472 e. The molecular weight excluding hydrogens is 312 g/mol. The van der Waals surface area contributed by atoms with E-state index in [1.54, 1.807) is 29.2 Å². The Hall–Kier alpha value is -1.43. The molecule has 0 saturated carbocycles. The van der Waals surface area contributed by atoms with E-state index in [-0.39, 0.29) is 23.2 Å². The summed E-state index contributed by atoms with van der Waals surface area (Å²) in [4.78, 5) is 29.1. The Labute approximate surface area is 142 Å². The van der Waals surface area contributed by atoms with Gasteiger partial charge < -0.3 is 14.2 Å². The van der Waals surface area contributed by atoms with E-state index in [2.05, 4.69) is 13.8 Å². The molecule has 1 fully saturated rings. The molecule has 2 heterocycles. The van der Waals surface area contributed by atoms with Gasteiger partial charge in [0.05, 0.1) is 12.5 Å². The van der Waals surface area contributed by atoms with Crippen LogP contribution in [0.2, 0.25) is 0 Å². The molecule has 0 N–H and O–H groups in total. The van der Waals surface area contributed by atoms with E-state index >= 15 is 0 Å². The second-order valence-electron chi connectivity index (χ2n) is 5.74. The maximum atomic E-state index is 13.0. The molecule has 128 valence electrons. The van der Waals surface area contributed by atoms with Gasteiger partial charge in [0.1, 0.15) is 11.4 Å². The molecule has 2 amide bonds. The van der Waals surface area contributed by atoms with Crippen molar-refractivity contribution in [3.8, 4) is 0 Å². The highest BCUT2D eigenvalue weighted by atomic mass is 32.2. The third-order valence-electron chi connectivity index (χ3n) is 4.00. The van der Waals surface area contributed by atoms with E-state index in [9.17, 15) is 9.59 Å². The van der Waals surface area contributed by atoms with Crippen molar-refractivity contribution in [2.75, 3.05) is 18.8 Å². The van der Waals surface area contributed by atoms with Crippen LogP contribution in [0.25, 0.3) is 0 Å². The Kier molecular flexibility index (Phi) is 6.57. The molecule has 2 rings (SSSR count). The Morgan fingerprint density at radius 3 is 2.52 bits per heavy atom. The van der Waals surface area contributed by atoms with Crippen molar-refractivity contribution in [2.45, 2.75) is 51.4 Å².